The highest BCUT2D eigenvalue weighted by atomic mass is 19.4. The standard InChI is InChI=1S/C24H17F9N2O/c25-22(26,27)16-6-4-14(5-7-16)20-19-3-1-8-34(19)9-2-10-35(20)21(36)15-11-17(23(28,29)30)13-18(12-15)24(31,32)33/h1,3-8,11-13,20H,2,9-10H2. The van der Waals surface area contributed by atoms with Gasteiger partial charge in [-0.1, -0.05) is 12.1 Å². The molecule has 1 unspecified atom stereocenters. The number of hydrogen-bond donors (Lipinski definition) is 0. The number of carbonyl (C=O) groups excluding carboxylic acids is 1. The van der Waals surface area contributed by atoms with Crippen molar-refractivity contribution in [3.05, 3.63) is 94.3 Å². The van der Waals surface area contributed by atoms with E-state index in [0.717, 1.165) is 29.2 Å². The van der Waals surface area contributed by atoms with E-state index in [0.29, 0.717) is 30.8 Å². The summed E-state index contributed by atoms with van der Waals surface area (Å²) in [6, 6.07) is 6.72. The van der Waals surface area contributed by atoms with Crippen LogP contribution in [0.5, 0.6) is 0 Å². The molecule has 1 aliphatic rings. The lowest BCUT2D eigenvalue weighted by atomic mass is 9.98. The number of carbonyl (C=O) groups is 1. The van der Waals surface area contributed by atoms with E-state index in [4.69, 9.17) is 0 Å². The number of halogens is 9. The fraction of sp³-hybridized carbons (Fsp3) is 0.292. The van der Waals surface area contributed by atoms with Crippen LogP contribution in [-0.4, -0.2) is 21.9 Å². The van der Waals surface area contributed by atoms with Gasteiger partial charge in [-0.25, -0.2) is 0 Å². The number of nitrogens with zero attached hydrogens (tertiary/aromatic N) is 2. The highest BCUT2D eigenvalue weighted by Crippen LogP contribution is 2.39. The normalized spacial score (nSPS) is 17.0. The molecule has 0 radical (unpaired) electrons. The molecular weight excluding hydrogens is 503 g/mol. The van der Waals surface area contributed by atoms with Gasteiger partial charge >= 0.3 is 18.5 Å². The molecule has 3 nitrogen and oxygen atoms in total. The van der Waals surface area contributed by atoms with Crippen LogP contribution < -0.4 is 0 Å². The van der Waals surface area contributed by atoms with E-state index in [9.17, 15) is 44.3 Å². The predicted molar refractivity (Wildman–Crippen MR) is 110 cm³/mol. The summed E-state index contributed by atoms with van der Waals surface area (Å²) in [7, 11) is 0. The van der Waals surface area contributed by atoms with E-state index in [-0.39, 0.29) is 18.2 Å². The van der Waals surface area contributed by atoms with Crippen molar-refractivity contribution in [3.8, 4) is 0 Å². The summed E-state index contributed by atoms with van der Waals surface area (Å²) in [6.07, 6.45) is -12.9. The molecule has 12 heteroatoms. The third-order valence-corrected chi connectivity index (χ3v) is 5.90. The Morgan fingerprint density at radius 3 is 1.81 bits per heavy atom. The van der Waals surface area contributed by atoms with Gasteiger partial charge in [0.1, 0.15) is 0 Å². The van der Waals surface area contributed by atoms with Gasteiger partial charge in [0.25, 0.3) is 5.91 Å². The van der Waals surface area contributed by atoms with Crippen molar-refractivity contribution < 1.29 is 44.3 Å². The van der Waals surface area contributed by atoms with E-state index < -0.39 is 52.7 Å². The zero-order valence-electron chi connectivity index (χ0n) is 18.2. The fourth-order valence-corrected chi connectivity index (χ4v) is 4.25. The summed E-state index contributed by atoms with van der Waals surface area (Å²) >= 11 is 0. The minimum Gasteiger partial charge on any atom is -0.349 e. The number of aromatic nitrogens is 1. The number of hydrogen-bond acceptors (Lipinski definition) is 1. The molecule has 0 fully saturated rings. The lowest BCUT2D eigenvalue weighted by Gasteiger charge is -2.31. The number of fused-ring (bicyclic) bond motifs is 1. The molecule has 1 atom stereocenters. The van der Waals surface area contributed by atoms with Crippen molar-refractivity contribution in [2.75, 3.05) is 6.54 Å². The molecule has 192 valence electrons. The molecule has 0 saturated carbocycles. The minimum atomic E-state index is -5.14. The van der Waals surface area contributed by atoms with E-state index in [2.05, 4.69) is 0 Å². The second kappa shape index (κ2) is 8.90. The first-order chi connectivity index (χ1) is 16.7. The Morgan fingerprint density at radius 1 is 0.722 bits per heavy atom. The van der Waals surface area contributed by atoms with Crippen LogP contribution in [0.15, 0.2) is 60.8 Å². The maximum absolute atomic E-state index is 13.5. The van der Waals surface area contributed by atoms with Crippen LogP contribution in [0.3, 0.4) is 0 Å². The lowest BCUT2D eigenvalue weighted by molar-refractivity contribution is -0.143. The van der Waals surface area contributed by atoms with Crippen LogP contribution in [0.2, 0.25) is 0 Å². The number of rotatable bonds is 2. The van der Waals surface area contributed by atoms with E-state index in [1.807, 2.05) is 0 Å². The second-order valence-electron chi connectivity index (χ2n) is 8.30. The van der Waals surface area contributed by atoms with Crippen molar-refractivity contribution >= 4 is 5.91 Å². The molecule has 4 rings (SSSR count). The van der Waals surface area contributed by atoms with Crippen molar-refractivity contribution in [1.29, 1.82) is 0 Å². The summed E-state index contributed by atoms with van der Waals surface area (Å²) < 4.78 is 121. The third kappa shape index (κ3) is 5.07. The molecular formula is C24H17F9N2O. The number of aryl methyl sites for hydroxylation is 1. The SMILES string of the molecule is O=C(c1cc(C(F)(F)F)cc(C(F)(F)F)c1)N1CCCn2cccc2C1c1ccc(C(F)(F)F)cc1. The fourth-order valence-electron chi connectivity index (χ4n) is 4.25. The molecule has 0 saturated heterocycles. The predicted octanol–water partition coefficient (Wildman–Crippen LogP) is 7.18. The van der Waals surface area contributed by atoms with Gasteiger partial charge < -0.3 is 9.47 Å². The largest absolute Gasteiger partial charge is 0.416 e. The van der Waals surface area contributed by atoms with Crippen molar-refractivity contribution in [2.24, 2.45) is 0 Å². The Hall–Kier alpha value is -3.44. The first-order valence-electron chi connectivity index (χ1n) is 10.6. The number of benzene rings is 2. The molecule has 0 N–H and O–H groups in total. The minimum absolute atomic E-state index is 0.0518. The zero-order chi connectivity index (χ0) is 26.5. The van der Waals surface area contributed by atoms with Crippen molar-refractivity contribution in [2.45, 2.75) is 37.5 Å². The molecule has 0 spiro atoms. The summed E-state index contributed by atoms with van der Waals surface area (Å²) in [6.45, 7) is 0.337. The van der Waals surface area contributed by atoms with Crippen LogP contribution in [0, 0.1) is 0 Å². The molecule has 36 heavy (non-hydrogen) atoms. The first-order valence-corrected chi connectivity index (χ1v) is 10.6. The Balaban J connectivity index is 1.83. The van der Waals surface area contributed by atoms with Crippen LogP contribution in [0.4, 0.5) is 39.5 Å². The van der Waals surface area contributed by atoms with Gasteiger partial charge in [0.05, 0.1) is 22.7 Å². The molecule has 1 aliphatic heterocycles. The Morgan fingerprint density at radius 2 is 1.28 bits per heavy atom. The van der Waals surface area contributed by atoms with Gasteiger partial charge in [-0.05, 0) is 54.4 Å². The lowest BCUT2D eigenvalue weighted by Crippen LogP contribution is -2.36. The third-order valence-electron chi connectivity index (χ3n) is 5.90. The topological polar surface area (TPSA) is 25.2 Å². The van der Waals surface area contributed by atoms with Gasteiger partial charge in [-0.3, -0.25) is 4.79 Å². The van der Waals surface area contributed by atoms with Gasteiger partial charge in [0, 0.05) is 30.5 Å². The number of amides is 1. The van der Waals surface area contributed by atoms with Gasteiger partial charge in [0.15, 0.2) is 0 Å². The summed E-state index contributed by atoms with van der Waals surface area (Å²) in [5, 5.41) is 0. The maximum atomic E-state index is 13.5. The smallest absolute Gasteiger partial charge is 0.349 e. The molecule has 2 heterocycles. The maximum Gasteiger partial charge on any atom is 0.416 e. The van der Waals surface area contributed by atoms with E-state index in [1.165, 1.54) is 0 Å². The number of alkyl halides is 9. The summed E-state index contributed by atoms with van der Waals surface area (Å²) in [4.78, 5) is 14.5. The van der Waals surface area contributed by atoms with Crippen molar-refractivity contribution in [1.82, 2.24) is 9.47 Å². The molecule has 3 aromatic rings. The highest BCUT2D eigenvalue weighted by Gasteiger charge is 2.39. The highest BCUT2D eigenvalue weighted by molar-refractivity contribution is 5.95. The van der Waals surface area contributed by atoms with E-state index in [1.54, 1.807) is 22.9 Å². The summed E-state index contributed by atoms with van der Waals surface area (Å²) in [5.41, 5.74) is -4.35. The molecule has 0 bridgehead atoms. The van der Waals surface area contributed by atoms with Crippen molar-refractivity contribution in [3.63, 3.8) is 0 Å². The molecule has 1 amide bonds. The quantitative estimate of drug-likeness (QED) is 0.329. The average molecular weight is 520 g/mol. The molecule has 2 aromatic carbocycles. The van der Waals surface area contributed by atoms with Crippen LogP contribution in [0.1, 0.15) is 50.8 Å². The van der Waals surface area contributed by atoms with Crippen LogP contribution in [0.25, 0.3) is 0 Å². The van der Waals surface area contributed by atoms with Gasteiger partial charge in [0.2, 0.25) is 0 Å². The summed E-state index contributed by atoms with van der Waals surface area (Å²) in [5.74, 6) is -1.11. The Kier molecular flexibility index (Phi) is 6.34. The Bertz CT molecular complexity index is 1220. The van der Waals surface area contributed by atoms with Crippen LogP contribution in [-0.2, 0) is 25.1 Å². The van der Waals surface area contributed by atoms with Gasteiger partial charge in [-0.15, -0.1) is 0 Å². The second-order valence-corrected chi connectivity index (χ2v) is 8.30. The zero-order valence-corrected chi connectivity index (χ0v) is 18.2. The first kappa shape index (κ1) is 25.6. The Labute approximate surface area is 198 Å². The van der Waals surface area contributed by atoms with E-state index >= 15 is 0 Å². The monoisotopic (exact) mass is 520 g/mol. The van der Waals surface area contributed by atoms with Crippen LogP contribution >= 0.6 is 0 Å². The molecule has 0 aliphatic carbocycles. The van der Waals surface area contributed by atoms with Gasteiger partial charge in [-0.2, -0.15) is 39.5 Å². The molecule has 1 aromatic heterocycles. The average Bonchev–Trinajstić information content (AvgIpc) is 3.16.